The van der Waals surface area contributed by atoms with E-state index in [0.29, 0.717) is 11.4 Å². The molecule has 0 saturated heterocycles. The molecule has 0 aliphatic carbocycles. The van der Waals surface area contributed by atoms with Crippen LogP contribution in [-0.2, 0) is 4.79 Å². The largest absolute Gasteiger partial charge is 0.481 e. The molecular weight excluding hydrogens is 252 g/mol. The van der Waals surface area contributed by atoms with Crippen molar-refractivity contribution in [2.24, 2.45) is 0 Å². The SMILES string of the molecule is Cc1ccc(NC(=O)C(C)Oc2cccc(N)c2)cc1. The molecule has 0 saturated carbocycles. The first-order chi connectivity index (χ1) is 9.54. The van der Waals surface area contributed by atoms with Crippen molar-refractivity contribution in [2.75, 3.05) is 11.1 Å². The zero-order valence-corrected chi connectivity index (χ0v) is 11.6. The predicted octanol–water partition coefficient (Wildman–Crippen LogP) is 2.98. The third-order valence-electron chi connectivity index (χ3n) is 2.86. The molecule has 0 radical (unpaired) electrons. The minimum atomic E-state index is -0.599. The Kier molecular flexibility index (Phi) is 4.25. The first-order valence-electron chi connectivity index (χ1n) is 6.44. The van der Waals surface area contributed by atoms with Crippen molar-refractivity contribution in [3.05, 3.63) is 54.1 Å². The minimum Gasteiger partial charge on any atom is -0.481 e. The second-order valence-corrected chi connectivity index (χ2v) is 4.69. The number of hydrogen-bond donors (Lipinski definition) is 2. The van der Waals surface area contributed by atoms with Crippen LogP contribution >= 0.6 is 0 Å². The van der Waals surface area contributed by atoms with Gasteiger partial charge in [-0.2, -0.15) is 0 Å². The molecule has 0 aliphatic heterocycles. The fourth-order valence-corrected chi connectivity index (χ4v) is 1.73. The molecular formula is C16H18N2O2. The summed E-state index contributed by atoms with van der Waals surface area (Å²) in [6, 6.07) is 14.6. The van der Waals surface area contributed by atoms with Crippen molar-refractivity contribution in [1.82, 2.24) is 0 Å². The molecule has 4 heteroatoms. The summed E-state index contributed by atoms with van der Waals surface area (Å²) in [5, 5.41) is 2.81. The molecule has 0 heterocycles. The second-order valence-electron chi connectivity index (χ2n) is 4.69. The third-order valence-corrected chi connectivity index (χ3v) is 2.86. The molecule has 2 aromatic carbocycles. The quantitative estimate of drug-likeness (QED) is 0.839. The molecule has 1 amide bonds. The van der Waals surface area contributed by atoms with Crippen LogP contribution < -0.4 is 15.8 Å². The van der Waals surface area contributed by atoms with Crippen molar-refractivity contribution >= 4 is 17.3 Å². The summed E-state index contributed by atoms with van der Waals surface area (Å²) in [7, 11) is 0. The van der Waals surface area contributed by atoms with E-state index in [1.807, 2.05) is 31.2 Å². The van der Waals surface area contributed by atoms with Crippen molar-refractivity contribution in [2.45, 2.75) is 20.0 Å². The number of ether oxygens (including phenoxy) is 1. The zero-order valence-electron chi connectivity index (χ0n) is 11.6. The van der Waals surface area contributed by atoms with Crippen LogP contribution in [0.1, 0.15) is 12.5 Å². The molecule has 104 valence electrons. The lowest BCUT2D eigenvalue weighted by Crippen LogP contribution is -2.30. The van der Waals surface area contributed by atoms with E-state index >= 15 is 0 Å². The van der Waals surface area contributed by atoms with Gasteiger partial charge in [-0.15, -0.1) is 0 Å². The van der Waals surface area contributed by atoms with Gasteiger partial charge in [0, 0.05) is 17.4 Å². The van der Waals surface area contributed by atoms with Crippen molar-refractivity contribution in [1.29, 1.82) is 0 Å². The molecule has 0 fully saturated rings. The summed E-state index contributed by atoms with van der Waals surface area (Å²) in [5.41, 5.74) is 8.17. The highest BCUT2D eigenvalue weighted by molar-refractivity contribution is 5.94. The Labute approximate surface area is 118 Å². The number of carbonyl (C=O) groups excluding carboxylic acids is 1. The Morgan fingerprint density at radius 1 is 1.20 bits per heavy atom. The van der Waals surface area contributed by atoms with Crippen LogP contribution in [0, 0.1) is 6.92 Å². The van der Waals surface area contributed by atoms with Crippen LogP contribution in [0.25, 0.3) is 0 Å². The molecule has 0 aromatic heterocycles. The van der Waals surface area contributed by atoms with Gasteiger partial charge < -0.3 is 15.8 Å². The molecule has 20 heavy (non-hydrogen) atoms. The number of carbonyl (C=O) groups is 1. The molecule has 0 aliphatic rings. The monoisotopic (exact) mass is 270 g/mol. The van der Waals surface area contributed by atoms with Crippen LogP contribution in [0.15, 0.2) is 48.5 Å². The van der Waals surface area contributed by atoms with Gasteiger partial charge in [-0.1, -0.05) is 23.8 Å². The first-order valence-corrected chi connectivity index (χ1v) is 6.44. The highest BCUT2D eigenvalue weighted by Gasteiger charge is 2.14. The Bertz CT molecular complexity index is 594. The van der Waals surface area contributed by atoms with E-state index in [9.17, 15) is 4.79 Å². The number of hydrogen-bond acceptors (Lipinski definition) is 3. The van der Waals surface area contributed by atoms with Crippen molar-refractivity contribution < 1.29 is 9.53 Å². The van der Waals surface area contributed by atoms with Gasteiger partial charge in [0.25, 0.3) is 5.91 Å². The molecule has 3 N–H and O–H groups in total. The van der Waals surface area contributed by atoms with E-state index in [2.05, 4.69) is 5.32 Å². The van der Waals surface area contributed by atoms with Gasteiger partial charge in [0.05, 0.1) is 0 Å². The zero-order chi connectivity index (χ0) is 14.5. The fraction of sp³-hybridized carbons (Fsp3) is 0.188. The van der Waals surface area contributed by atoms with E-state index in [0.717, 1.165) is 11.3 Å². The molecule has 1 unspecified atom stereocenters. The highest BCUT2D eigenvalue weighted by Crippen LogP contribution is 2.17. The molecule has 0 spiro atoms. The second kappa shape index (κ2) is 6.10. The van der Waals surface area contributed by atoms with Gasteiger partial charge in [0.15, 0.2) is 6.10 Å². The van der Waals surface area contributed by atoms with E-state index < -0.39 is 6.10 Å². The molecule has 4 nitrogen and oxygen atoms in total. The maximum Gasteiger partial charge on any atom is 0.265 e. The predicted molar refractivity (Wildman–Crippen MR) is 80.8 cm³/mol. The summed E-state index contributed by atoms with van der Waals surface area (Å²) in [6.45, 7) is 3.70. The van der Waals surface area contributed by atoms with Crippen LogP contribution in [0.3, 0.4) is 0 Å². The molecule has 2 aromatic rings. The lowest BCUT2D eigenvalue weighted by atomic mass is 10.2. The standard InChI is InChI=1S/C16H18N2O2/c1-11-6-8-14(9-7-11)18-16(19)12(2)20-15-5-3-4-13(17)10-15/h3-10,12H,17H2,1-2H3,(H,18,19). The molecule has 0 bridgehead atoms. The number of anilines is 2. The van der Waals surface area contributed by atoms with Crippen molar-refractivity contribution in [3.8, 4) is 5.75 Å². The smallest absolute Gasteiger partial charge is 0.265 e. The van der Waals surface area contributed by atoms with Gasteiger partial charge in [0.2, 0.25) is 0 Å². The van der Waals surface area contributed by atoms with Crippen LogP contribution in [0.5, 0.6) is 5.75 Å². The number of nitrogen functional groups attached to an aromatic ring is 1. The van der Waals surface area contributed by atoms with Gasteiger partial charge >= 0.3 is 0 Å². The topological polar surface area (TPSA) is 64.3 Å². The van der Waals surface area contributed by atoms with Gasteiger partial charge in [-0.3, -0.25) is 4.79 Å². The lowest BCUT2D eigenvalue weighted by molar-refractivity contribution is -0.122. The summed E-state index contributed by atoms with van der Waals surface area (Å²) >= 11 is 0. The number of nitrogens with two attached hydrogens (primary N) is 1. The van der Waals surface area contributed by atoms with E-state index in [4.69, 9.17) is 10.5 Å². The van der Waals surface area contributed by atoms with Crippen LogP contribution in [-0.4, -0.2) is 12.0 Å². The van der Waals surface area contributed by atoms with E-state index in [1.54, 1.807) is 31.2 Å². The number of nitrogens with one attached hydrogen (secondary N) is 1. The average Bonchev–Trinajstić information content (AvgIpc) is 2.41. The Balaban J connectivity index is 1.96. The molecule has 2 rings (SSSR count). The molecule has 1 atom stereocenters. The van der Waals surface area contributed by atoms with Gasteiger partial charge in [-0.05, 0) is 38.1 Å². The lowest BCUT2D eigenvalue weighted by Gasteiger charge is -2.15. The normalized spacial score (nSPS) is 11.7. The van der Waals surface area contributed by atoms with Crippen LogP contribution in [0.4, 0.5) is 11.4 Å². The number of amides is 1. The van der Waals surface area contributed by atoms with E-state index in [-0.39, 0.29) is 5.91 Å². The van der Waals surface area contributed by atoms with Gasteiger partial charge in [0.1, 0.15) is 5.75 Å². The Morgan fingerprint density at radius 3 is 2.55 bits per heavy atom. The number of aryl methyl sites for hydroxylation is 1. The van der Waals surface area contributed by atoms with Gasteiger partial charge in [-0.25, -0.2) is 0 Å². The summed E-state index contributed by atoms with van der Waals surface area (Å²) in [5.74, 6) is 0.382. The first kappa shape index (κ1) is 13.9. The average molecular weight is 270 g/mol. The minimum absolute atomic E-state index is 0.198. The third kappa shape index (κ3) is 3.75. The number of benzene rings is 2. The maximum absolute atomic E-state index is 12.0. The fourth-order valence-electron chi connectivity index (χ4n) is 1.73. The Morgan fingerprint density at radius 2 is 1.90 bits per heavy atom. The number of rotatable bonds is 4. The Hall–Kier alpha value is -2.49. The van der Waals surface area contributed by atoms with Crippen LogP contribution in [0.2, 0.25) is 0 Å². The summed E-state index contributed by atoms with van der Waals surface area (Å²) in [6.07, 6.45) is -0.599. The maximum atomic E-state index is 12.0. The highest BCUT2D eigenvalue weighted by atomic mass is 16.5. The summed E-state index contributed by atoms with van der Waals surface area (Å²) in [4.78, 5) is 12.0. The van der Waals surface area contributed by atoms with E-state index in [1.165, 1.54) is 0 Å². The summed E-state index contributed by atoms with van der Waals surface area (Å²) < 4.78 is 5.56. The van der Waals surface area contributed by atoms with Crippen molar-refractivity contribution in [3.63, 3.8) is 0 Å².